The van der Waals surface area contributed by atoms with E-state index < -0.39 is 0 Å². The molecule has 0 bridgehead atoms. The van der Waals surface area contributed by atoms with Crippen LogP contribution in [0.2, 0.25) is 0 Å². The highest BCUT2D eigenvalue weighted by Gasteiger charge is 2.12. The van der Waals surface area contributed by atoms with E-state index in [1.54, 1.807) is 7.11 Å². The van der Waals surface area contributed by atoms with Crippen molar-refractivity contribution in [2.75, 3.05) is 14.2 Å². The van der Waals surface area contributed by atoms with Gasteiger partial charge in [-0.1, -0.05) is 28.1 Å². The standard InChI is InChI=1S/C22H20BrN3O2S/c1-26(12-14-3-7-16(23)8-4-14)13-20-24-18-11-19(29-21(18)22(27)25-20)15-5-9-17(28-2)10-6-15/h3-11H,12-13H2,1-2H3,(H,24,25,27). The van der Waals surface area contributed by atoms with Crippen molar-refractivity contribution < 1.29 is 4.74 Å². The summed E-state index contributed by atoms with van der Waals surface area (Å²) in [7, 11) is 3.66. The number of benzene rings is 2. The highest BCUT2D eigenvalue weighted by atomic mass is 79.9. The molecule has 0 saturated heterocycles. The van der Waals surface area contributed by atoms with Gasteiger partial charge in [0.1, 0.15) is 16.3 Å². The minimum absolute atomic E-state index is 0.0909. The second-order valence-electron chi connectivity index (χ2n) is 6.86. The third-order valence-corrected chi connectivity index (χ3v) is 6.29. The number of thiophene rings is 1. The van der Waals surface area contributed by atoms with Crippen LogP contribution in [0, 0.1) is 0 Å². The highest BCUT2D eigenvalue weighted by Crippen LogP contribution is 2.31. The molecule has 0 fully saturated rings. The molecule has 2 heterocycles. The van der Waals surface area contributed by atoms with E-state index >= 15 is 0 Å². The Morgan fingerprint density at radius 1 is 1.10 bits per heavy atom. The van der Waals surface area contributed by atoms with Crippen LogP contribution in [0.25, 0.3) is 20.7 Å². The van der Waals surface area contributed by atoms with E-state index in [1.807, 2.05) is 49.5 Å². The monoisotopic (exact) mass is 469 g/mol. The first-order chi connectivity index (χ1) is 14.0. The first kappa shape index (κ1) is 19.8. The minimum Gasteiger partial charge on any atom is -0.497 e. The summed E-state index contributed by atoms with van der Waals surface area (Å²) in [6.07, 6.45) is 0. The van der Waals surface area contributed by atoms with Crippen molar-refractivity contribution in [2.45, 2.75) is 13.1 Å². The van der Waals surface area contributed by atoms with Gasteiger partial charge in [0.25, 0.3) is 5.56 Å². The van der Waals surface area contributed by atoms with Gasteiger partial charge in [-0.2, -0.15) is 0 Å². The van der Waals surface area contributed by atoms with Crippen LogP contribution in [0.3, 0.4) is 0 Å². The predicted octanol–water partition coefficient (Wildman–Crippen LogP) is 5.05. The van der Waals surface area contributed by atoms with E-state index in [2.05, 4.69) is 37.9 Å². The lowest BCUT2D eigenvalue weighted by Gasteiger charge is -2.16. The SMILES string of the molecule is COc1ccc(-c2cc3nc(CN(C)Cc4ccc(Br)cc4)[nH]c(=O)c3s2)cc1. The second-order valence-corrected chi connectivity index (χ2v) is 8.83. The van der Waals surface area contributed by atoms with Crippen molar-refractivity contribution in [3.05, 3.63) is 80.8 Å². The maximum absolute atomic E-state index is 12.6. The van der Waals surface area contributed by atoms with E-state index in [0.29, 0.717) is 17.1 Å². The van der Waals surface area contributed by atoms with Gasteiger partial charge in [-0.25, -0.2) is 4.98 Å². The fourth-order valence-electron chi connectivity index (χ4n) is 3.17. The molecular formula is C22H20BrN3O2S. The van der Waals surface area contributed by atoms with Crippen molar-refractivity contribution in [1.29, 1.82) is 0 Å². The van der Waals surface area contributed by atoms with Gasteiger partial charge in [0, 0.05) is 15.9 Å². The van der Waals surface area contributed by atoms with Gasteiger partial charge < -0.3 is 9.72 Å². The molecule has 7 heteroatoms. The molecule has 4 aromatic rings. The molecule has 0 spiro atoms. The molecule has 0 radical (unpaired) electrons. The van der Waals surface area contributed by atoms with Gasteiger partial charge in [-0.3, -0.25) is 9.69 Å². The summed E-state index contributed by atoms with van der Waals surface area (Å²) in [6, 6.07) is 18.0. The number of ether oxygens (including phenoxy) is 1. The Balaban J connectivity index is 1.56. The van der Waals surface area contributed by atoms with Gasteiger partial charge in [-0.15, -0.1) is 11.3 Å². The van der Waals surface area contributed by atoms with E-state index in [9.17, 15) is 4.79 Å². The normalized spacial score (nSPS) is 11.3. The zero-order chi connectivity index (χ0) is 20.4. The van der Waals surface area contributed by atoms with Crippen LogP contribution in [-0.4, -0.2) is 29.0 Å². The molecule has 5 nitrogen and oxygen atoms in total. The lowest BCUT2D eigenvalue weighted by molar-refractivity contribution is 0.311. The molecule has 0 aliphatic carbocycles. The smallest absolute Gasteiger partial charge is 0.268 e. The number of halogens is 1. The molecule has 2 aromatic carbocycles. The number of aromatic amines is 1. The van der Waals surface area contributed by atoms with Gasteiger partial charge in [-0.05, 0) is 60.6 Å². The fourth-order valence-corrected chi connectivity index (χ4v) is 4.44. The first-order valence-electron chi connectivity index (χ1n) is 9.12. The fraction of sp³-hybridized carbons (Fsp3) is 0.182. The van der Waals surface area contributed by atoms with E-state index in [1.165, 1.54) is 16.9 Å². The van der Waals surface area contributed by atoms with Gasteiger partial charge >= 0.3 is 0 Å². The number of nitrogens with zero attached hydrogens (tertiary/aromatic N) is 2. The van der Waals surface area contributed by atoms with Crippen LogP contribution in [0.1, 0.15) is 11.4 Å². The Morgan fingerprint density at radius 2 is 1.83 bits per heavy atom. The van der Waals surface area contributed by atoms with Gasteiger partial charge in [0.2, 0.25) is 0 Å². The summed E-state index contributed by atoms with van der Waals surface area (Å²) in [5, 5.41) is 0. The Labute approximate surface area is 181 Å². The number of H-pyrrole nitrogens is 1. The van der Waals surface area contributed by atoms with Crippen molar-refractivity contribution in [3.8, 4) is 16.2 Å². The van der Waals surface area contributed by atoms with Crippen LogP contribution in [0.4, 0.5) is 0 Å². The summed E-state index contributed by atoms with van der Waals surface area (Å²) >= 11 is 4.91. The van der Waals surface area contributed by atoms with Crippen LogP contribution >= 0.6 is 27.3 Å². The van der Waals surface area contributed by atoms with E-state index in [4.69, 9.17) is 9.72 Å². The Morgan fingerprint density at radius 3 is 2.52 bits per heavy atom. The molecular weight excluding hydrogens is 450 g/mol. The van der Waals surface area contributed by atoms with E-state index in [-0.39, 0.29) is 5.56 Å². The summed E-state index contributed by atoms with van der Waals surface area (Å²) in [5.74, 6) is 1.48. The highest BCUT2D eigenvalue weighted by molar-refractivity contribution is 9.10. The second kappa shape index (κ2) is 8.49. The molecule has 0 unspecified atom stereocenters. The molecule has 29 heavy (non-hydrogen) atoms. The molecule has 2 aromatic heterocycles. The number of rotatable bonds is 6. The molecule has 148 valence electrons. The Kier molecular flexibility index (Phi) is 5.80. The van der Waals surface area contributed by atoms with Crippen LogP contribution < -0.4 is 10.3 Å². The molecule has 4 rings (SSSR count). The average Bonchev–Trinajstić information content (AvgIpc) is 3.14. The molecule has 0 saturated carbocycles. The third-order valence-electron chi connectivity index (χ3n) is 4.59. The number of methoxy groups -OCH3 is 1. The summed E-state index contributed by atoms with van der Waals surface area (Å²) < 4.78 is 6.92. The van der Waals surface area contributed by atoms with Crippen LogP contribution in [0.15, 0.2) is 63.9 Å². The molecule has 0 aliphatic rings. The minimum atomic E-state index is -0.0909. The van der Waals surface area contributed by atoms with Gasteiger partial charge in [0.15, 0.2) is 0 Å². The zero-order valence-corrected chi connectivity index (χ0v) is 18.5. The quantitative estimate of drug-likeness (QED) is 0.428. The largest absolute Gasteiger partial charge is 0.497 e. The number of hydrogen-bond acceptors (Lipinski definition) is 5. The van der Waals surface area contributed by atoms with Crippen LogP contribution in [-0.2, 0) is 13.1 Å². The van der Waals surface area contributed by atoms with Crippen molar-refractivity contribution in [1.82, 2.24) is 14.9 Å². The number of nitrogens with one attached hydrogen (secondary N) is 1. The number of aromatic nitrogens is 2. The lowest BCUT2D eigenvalue weighted by atomic mass is 10.2. The zero-order valence-electron chi connectivity index (χ0n) is 16.1. The van der Waals surface area contributed by atoms with Crippen molar-refractivity contribution >= 4 is 37.5 Å². The van der Waals surface area contributed by atoms with Crippen molar-refractivity contribution in [2.24, 2.45) is 0 Å². The number of fused-ring (bicyclic) bond motifs is 1. The van der Waals surface area contributed by atoms with Gasteiger partial charge in [0.05, 0.1) is 19.2 Å². The summed E-state index contributed by atoms with van der Waals surface area (Å²) in [5.41, 5.74) is 2.89. The topological polar surface area (TPSA) is 58.2 Å². The maximum Gasteiger partial charge on any atom is 0.268 e. The molecule has 0 amide bonds. The summed E-state index contributed by atoms with van der Waals surface area (Å²) in [4.78, 5) is 23.4. The number of hydrogen-bond donors (Lipinski definition) is 1. The molecule has 0 aliphatic heterocycles. The van der Waals surface area contributed by atoms with E-state index in [0.717, 1.165) is 32.7 Å². The predicted molar refractivity (Wildman–Crippen MR) is 122 cm³/mol. The van der Waals surface area contributed by atoms with Crippen molar-refractivity contribution in [3.63, 3.8) is 0 Å². The molecule has 0 atom stereocenters. The molecule has 1 N–H and O–H groups in total. The Bertz CT molecular complexity index is 1180. The lowest BCUT2D eigenvalue weighted by Crippen LogP contribution is -2.21. The first-order valence-corrected chi connectivity index (χ1v) is 10.7. The Hall–Kier alpha value is -2.48. The van der Waals surface area contributed by atoms with Crippen LogP contribution in [0.5, 0.6) is 5.75 Å². The third kappa shape index (κ3) is 4.58. The average molecular weight is 470 g/mol. The summed E-state index contributed by atoms with van der Waals surface area (Å²) in [6.45, 7) is 1.34. The maximum atomic E-state index is 12.6.